The Bertz CT molecular complexity index is 451. The molecule has 15 heavy (non-hydrogen) atoms. The fourth-order valence-corrected chi connectivity index (χ4v) is 1.73. The van der Waals surface area contributed by atoms with Crippen molar-refractivity contribution in [2.24, 2.45) is 0 Å². The maximum Gasteiger partial charge on any atom is 0.309 e. The lowest BCUT2D eigenvalue weighted by Crippen LogP contribution is -2.00. The minimum Gasteiger partial charge on any atom is -0.481 e. The SMILES string of the molecule is O=C(O)Cc1cn(Cc2nccs2)nn1. The average Bonchev–Trinajstić information content (AvgIpc) is 2.77. The Hall–Kier alpha value is -1.76. The molecule has 0 unspecified atom stereocenters. The molecule has 78 valence electrons. The smallest absolute Gasteiger partial charge is 0.309 e. The summed E-state index contributed by atoms with van der Waals surface area (Å²) in [6.07, 6.45) is 3.24. The third-order valence-corrected chi connectivity index (χ3v) is 2.46. The van der Waals surface area contributed by atoms with Crippen LogP contribution in [0.2, 0.25) is 0 Å². The van der Waals surface area contributed by atoms with Crippen molar-refractivity contribution in [3.05, 3.63) is 28.5 Å². The van der Waals surface area contributed by atoms with Gasteiger partial charge in [-0.3, -0.25) is 4.79 Å². The highest BCUT2D eigenvalue weighted by atomic mass is 32.1. The number of hydrogen-bond donors (Lipinski definition) is 1. The molecule has 6 nitrogen and oxygen atoms in total. The van der Waals surface area contributed by atoms with Crippen LogP contribution in [0.1, 0.15) is 10.7 Å². The fraction of sp³-hybridized carbons (Fsp3) is 0.250. The van der Waals surface area contributed by atoms with Crippen molar-refractivity contribution in [2.75, 3.05) is 0 Å². The van der Waals surface area contributed by atoms with Crippen molar-refractivity contribution in [2.45, 2.75) is 13.0 Å². The Morgan fingerprint density at radius 1 is 1.60 bits per heavy atom. The van der Waals surface area contributed by atoms with Gasteiger partial charge in [0.15, 0.2) is 0 Å². The van der Waals surface area contributed by atoms with Crippen LogP contribution >= 0.6 is 11.3 Å². The molecule has 2 rings (SSSR count). The number of carbonyl (C=O) groups is 1. The van der Waals surface area contributed by atoms with Gasteiger partial charge in [-0.25, -0.2) is 9.67 Å². The van der Waals surface area contributed by atoms with Crippen LogP contribution in [0.5, 0.6) is 0 Å². The highest BCUT2D eigenvalue weighted by molar-refractivity contribution is 7.09. The van der Waals surface area contributed by atoms with E-state index in [1.807, 2.05) is 5.38 Å². The average molecular weight is 224 g/mol. The lowest BCUT2D eigenvalue weighted by atomic mass is 10.3. The van der Waals surface area contributed by atoms with Crippen molar-refractivity contribution in [1.29, 1.82) is 0 Å². The predicted octanol–water partition coefficient (Wildman–Crippen LogP) is 0.410. The third-order valence-electron chi connectivity index (χ3n) is 1.70. The van der Waals surface area contributed by atoms with E-state index in [4.69, 9.17) is 5.11 Å². The monoisotopic (exact) mass is 224 g/mol. The number of carboxylic acid groups (broad SMARTS) is 1. The molecule has 0 aliphatic carbocycles. The normalized spacial score (nSPS) is 10.4. The highest BCUT2D eigenvalue weighted by Gasteiger charge is 2.06. The van der Waals surface area contributed by atoms with E-state index in [2.05, 4.69) is 15.3 Å². The molecule has 0 saturated heterocycles. The van der Waals surface area contributed by atoms with E-state index >= 15 is 0 Å². The van der Waals surface area contributed by atoms with Gasteiger partial charge in [-0.15, -0.1) is 16.4 Å². The van der Waals surface area contributed by atoms with E-state index in [0.29, 0.717) is 12.2 Å². The van der Waals surface area contributed by atoms with Crippen molar-refractivity contribution < 1.29 is 9.90 Å². The van der Waals surface area contributed by atoms with E-state index in [1.54, 1.807) is 17.1 Å². The van der Waals surface area contributed by atoms with Crippen molar-refractivity contribution >= 4 is 17.3 Å². The van der Waals surface area contributed by atoms with Crippen LogP contribution in [0.25, 0.3) is 0 Å². The Morgan fingerprint density at radius 2 is 2.47 bits per heavy atom. The molecular weight excluding hydrogens is 216 g/mol. The van der Waals surface area contributed by atoms with E-state index in [0.717, 1.165) is 5.01 Å². The van der Waals surface area contributed by atoms with Crippen molar-refractivity contribution in [1.82, 2.24) is 20.0 Å². The largest absolute Gasteiger partial charge is 0.481 e. The van der Waals surface area contributed by atoms with Crippen LogP contribution in [-0.2, 0) is 17.8 Å². The van der Waals surface area contributed by atoms with Crippen LogP contribution in [0, 0.1) is 0 Å². The summed E-state index contributed by atoms with van der Waals surface area (Å²) in [4.78, 5) is 14.5. The van der Waals surface area contributed by atoms with Gasteiger partial charge in [-0.05, 0) is 0 Å². The lowest BCUT2D eigenvalue weighted by Gasteiger charge is -1.93. The molecule has 1 N–H and O–H groups in total. The molecule has 0 bridgehead atoms. The second-order valence-corrected chi connectivity index (χ2v) is 3.88. The number of thiazole rings is 1. The van der Waals surface area contributed by atoms with Crippen LogP contribution in [0.3, 0.4) is 0 Å². The summed E-state index contributed by atoms with van der Waals surface area (Å²) >= 11 is 1.52. The van der Waals surface area contributed by atoms with Crippen molar-refractivity contribution in [3.8, 4) is 0 Å². The van der Waals surface area contributed by atoms with Gasteiger partial charge < -0.3 is 5.11 Å². The van der Waals surface area contributed by atoms with Crippen LogP contribution in [0.4, 0.5) is 0 Å². The summed E-state index contributed by atoms with van der Waals surface area (Å²) < 4.78 is 1.58. The molecule has 2 aromatic heterocycles. The van der Waals surface area contributed by atoms with Gasteiger partial charge >= 0.3 is 5.97 Å². The zero-order valence-electron chi connectivity index (χ0n) is 7.70. The minimum atomic E-state index is -0.906. The number of aliphatic carboxylic acids is 1. The van der Waals surface area contributed by atoms with E-state index in [9.17, 15) is 4.79 Å². The van der Waals surface area contributed by atoms with Gasteiger partial charge in [0.2, 0.25) is 0 Å². The van der Waals surface area contributed by atoms with E-state index in [-0.39, 0.29) is 6.42 Å². The molecule has 0 amide bonds. The summed E-state index contributed by atoms with van der Waals surface area (Å²) in [5, 5.41) is 18.9. The molecule has 0 atom stereocenters. The fourth-order valence-electron chi connectivity index (χ4n) is 1.12. The second kappa shape index (κ2) is 4.18. The molecule has 0 aliphatic heterocycles. The van der Waals surface area contributed by atoms with E-state index in [1.165, 1.54) is 11.3 Å². The van der Waals surface area contributed by atoms with Gasteiger partial charge in [0.05, 0.1) is 18.7 Å². The quantitative estimate of drug-likeness (QED) is 0.813. The Labute approximate surface area is 89.2 Å². The zero-order chi connectivity index (χ0) is 10.7. The molecule has 2 aromatic rings. The Morgan fingerprint density at radius 3 is 3.13 bits per heavy atom. The summed E-state index contributed by atoms with van der Waals surface area (Å²) in [6, 6.07) is 0. The third kappa shape index (κ3) is 2.59. The van der Waals surface area contributed by atoms with Gasteiger partial charge in [0.25, 0.3) is 0 Å². The maximum absolute atomic E-state index is 10.4. The van der Waals surface area contributed by atoms with E-state index < -0.39 is 5.97 Å². The number of aromatic nitrogens is 4. The van der Waals surface area contributed by atoms with Gasteiger partial charge in [0, 0.05) is 17.8 Å². The molecule has 7 heteroatoms. The summed E-state index contributed by atoms with van der Waals surface area (Å²) in [5.74, 6) is -0.906. The van der Waals surface area contributed by atoms with Crippen LogP contribution in [-0.4, -0.2) is 31.1 Å². The summed E-state index contributed by atoms with van der Waals surface area (Å²) in [7, 11) is 0. The number of nitrogens with zero attached hydrogens (tertiary/aromatic N) is 4. The number of rotatable bonds is 4. The first-order valence-corrected chi connectivity index (χ1v) is 5.11. The number of carboxylic acids is 1. The first kappa shape index (κ1) is 9.78. The summed E-state index contributed by atoms with van der Waals surface area (Å²) in [5.41, 5.74) is 0.457. The molecule has 0 spiro atoms. The molecule has 0 radical (unpaired) electrons. The van der Waals surface area contributed by atoms with Gasteiger partial charge in [-0.1, -0.05) is 5.21 Å². The molecule has 0 aliphatic rings. The molecule has 2 heterocycles. The lowest BCUT2D eigenvalue weighted by molar-refractivity contribution is -0.136. The first-order valence-electron chi connectivity index (χ1n) is 4.23. The zero-order valence-corrected chi connectivity index (χ0v) is 8.52. The first-order chi connectivity index (χ1) is 7.24. The summed E-state index contributed by atoms with van der Waals surface area (Å²) in [6.45, 7) is 0.532. The topological polar surface area (TPSA) is 80.9 Å². The maximum atomic E-state index is 10.4. The minimum absolute atomic E-state index is 0.0993. The van der Waals surface area contributed by atoms with Crippen molar-refractivity contribution in [3.63, 3.8) is 0 Å². The molecule has 0 saturated carbocycles. The second-order valence-electron chi connectivity index (χ2n) is 2.90. The van der Waals surface area contributed by atoms with Gasteiger partial charge in [-0.2, -0.15) is 0 Å². The van der Waals surface area contributed by atoms with Crippen LogP contribution < -0.4 is 0 Å². The molecular formula is C8H8N4O2S. The number of hydrogen-bond acceptors (Lipinski definition) is 5. The Balaban J connectivity index is 2.04. The molecule has 0 aromatic carbocycles. The Kier molecular flexibility index (Phi) is 2.72. The molecule has 0 fully saturated rings. The van der Waals surface area contributed by atoms with Crippen LogP contribution in [0.15, 0.2) is 17.8 Å². The predicted molar refractivity (Wildman–Crippen MR) is 52.6 cm³/mol. The highest BCUT2D eigenvalue weighted by Crippen LogP contribution is 2.06. The van der Waals surface area contributed by atoms with Gasteiger partial charge in [0.1, 0.15) is 5.01 Å². The standard InChI is InChI=1S/C8H8N4O2S/c13-8(14)3-6-4-12(11-10-6)5-7-9-1-2-15-7/h1-2,4H,3,5H2,(H,13,14).